The minimum atomic E-state index is -0.691. The first-order valence-electron chi connectivity index (χ1n) is 8.28. The largest absolute Gasteiger partial charge is 0.493 e. The third-order valence-electron chi connectivity index (χ3n) is 3.82. The van der Waals surface area contributed by atoms with E-state index in [0.717, 1.165) is 6.07 Å². The molecule has 0 heterocycles. The van der Waals surface area contributed by atoms with Crippen molar-refractivity contribution in [1.29, 1.82) is 0 Å². The van der Waals surface area contributed by atoms with Gasteiger partial charge in [-0.15, -0.1) is 0 Å². The van der Waals surface area contributed by atoms with Crippen molar-refractivity contribution in [3.05, 3.63) is 57.6 Å². The minimum Gasteiger partial charge on any atom is -0.493 e. The summed E-state index contributed by atoms with van der Waals surface area (Å²) >= 11 is 0. The molecule has 0 unspecified atom stereocenters. The number of ketones is 1. The van der Waals surface area contributed by atoms with Gasteiger partial charge in [0.1, 0.15) is 12.2 Å². The zero-order valence-corrected chi connectivity index (χ0v) is 15.7. The fraction of sp³-hybridized carbons (Fsp3) is 0.263. The summed E-state index contributed by atoms with van der Waals surface area (Å²) in [4.78, 5) is 34.7. The number of methoxy groups -OCH3 is 2. The second kappa shape index (κ2) is 9.47. The predicted molar refractivity (Wildman–Crippen MR) is 101 cm³/mol. The van der Waals surface area contributed by atoms with Gasteiger partial charge in [-0.2, -0.15) is 0 Å². The van der Waals surface area contributed by atoms with Crippen LogP contribution in [0.1, 0.15) is 27.6 Å². The van der Waals surface area contributed by atoms with Gasteiger partial charge in [-0.3, -0.25) is 19.7 Å². The Kier molecular flexibility index (Phi) is 7.05. The Labute approximate surface area is 161 Å². The number of nitro groups is 1. The van der Waals surface area contributed by atoms with Crippen LogP contribution in [-0.4, -0.2) is 44.0 Å². The van der Waals surface area contributed by atoms with Crippen molar-refractivity contribution in [3.63, 3.8) is 0 Å². The SMILES string of the molecule is COCCOc1cc([N+](=O)[O-])c(C(=O)Nc2ccc(C(C)=O)cc2)cc1OC. The summed E-state index contributed by atoms with van der Waals surface area (Å²) in [5, 5.41) is 14.0. The number of Topliss-reactive ketones (excluding diaryl/α,β-unsaturated/α-hetero) is 1. The van der Waals surface area contributed by atoms with Gasteiger partial charge in [-0.1, -0.05) is 0 Å². The lowest BCUT2D eigenvalue weighted by Gasteiger charge is -2.13. The van der Waals surface area contributed by atoms with E-state index in [-0.39, 0.29) is 36.1 Å². The average molecular weight is 388 g/mol. The molecule has 1 amide bonds. The third-order valence-corrected chi connectivity index (χ3v) is 3.82. The number of benzene rings is 2. The molecule has 9 heteroatoms. The van der Waals surface area contributed by atoms with Gasteiger partial charge in [0.2, 0.25) is 0 Å². The van der Waals surface area contributed by atoms with E-state index in [2.05, 4.69) is 5.32 Å². The zero-order chi connectivity index (χ0) is 20.7. The lowest BCUT2D eigenvalue weighted by Crippen LogP contribution is -2.15. The molecule has 0 fully saturated rings. The maximum absolute atomic E-state index is 12.6. The van der Waals surface area contributed by atoms with Crippen LogP contribution in [0.5, 0.6) is 11.5 Å². The van der Waals surface area contributed by atoms with Gasteiger partial charge in [0.25, 0.3) is 11.6 Å². The zero-order valence-electron chi connectivity index (χ0n) is 15.7. The monoisotopic (exact) mass is 388 g/mol. The van der Waals surface area contributed by atoms with Gasteiger partial charge < -0.3 is 19.5 Å². The molecule has 0 aliphatic carbocycles. The highest BCUT2D eigenvalue weighted by Crippen LogP contribution is 2.35. The number of anilines is 1. The molecule has 148 valence electrons. The number of ether oxygens (including phenoxy) is 3. The highest BCUT2D eigenvalue weighted by atomic mass is 16.6. The van der Waals surface area contributed by atoms with Crippen molar-refractivity contribution in [2.24, 2.45) is 0 Å². The summed E-state index contributed by atoms with van der Waals surface area (Å²) in [7, 11) is 2.87. The van der Waals surface area contributed by atoms with Crippen LogP contribution in [0.25, 0.3) is 0 Å². The molecule has 0 radical (unpaired) electrons. The number of carbonyl (C=O) groups is 2. The number of nitrogens with zero attached hydrogens (tertiary/aromatic N) is 1. The molecule has 0 saturated carbocycles. The molecule has 2 aromatic carbocycles. The van der Waals surface area contributed by atoms with Crippen LogP contribution < -0.4 is 14.8 Å². The molecule has 0 spiro atoms. The quantitative estimate of drug-likeness (QED) is 0.304. The van der Waals surface area contributed by atoms with E-state index >= 15 is 0 Å². The third kappa shape index (κ3) is 5.04. The standard InChI is InChI=1S/C19H20N2O7/c1-12(22)13-4-6-14(7-5-13)20-19(23)15-10-17(27-3)18(28-9-8-26-2)11-16(15)21(24)25/h4-7,10-11H,8-9H2,1-3H3,(H,20,23). The highest BCUT2D eigenvalue weighted by molar-refractivity contribution is 6.07. The lowest BCUT2D eigenvalue weighted by atomic mass is 10.1. The topological polar surface area (TPSA) is 117 Å². The van der Waals surface area contributed by atoms with E-state index in [1.54, 1.807) is 24.3 Å². The molecule has 0 aliphatic rings. The summed E-state index contributed by atoms with van der Waals surface area (Å²) in [5.41, 5.74) is 0.273. The molecule has 0 atom stereocenters. The van der Waals surface area contributed by atoms with E-state index in [9.17, 15) is 19.7 Å². The van der Waals surface area contributed by atoms with Crippen LogP contribution in [0.3, 0.4) is 0 Å². The number of rotatable bonds is 9. The summed E-state index contributed by atoms with van der Waals surface area (Å²) in [6.07, 6.45) is 0. The summed E-state index contributed by atoms with van der Waals surface area (Å²) in [6.45, 7) is 1.88. The van der Waals surface area contributed by atoms with Gasteiger partial charge in [0.15, 0.2) is 17.3 Å². The smallest absolute Gasteiger partial charge is 0.286 e. The molecule has 2 aromatic rings. The molecular weight excluding hydrogens is 368 g/mol. The van der Waals surface area contributed by atoms with Crippen molar-refractivity contribution in [2.45, 2.75) is 6.92 Å². The normalized spacial score (nSPS) is 10.2. The molecule has 28 heavy (non-hydrogen) atoms. The molecular formula is C19H20N2O7. The summed E-state index contributed by atoms with van der Waals surface area (Å²) < 4.78 is 15.5. The van der Waals surface area contributed by atoms with Crippen LogP contribution in [-0.2, 0) is 4.74 Å². The number of amides is 1. The Morgan fingerprint density at radius 2 is 1.75 bits per heavy atom. The van der Waals surface area contributed by atoms with E-state index in [0.29, 0.717) is 11.3 Å². The first-order valence-corrected chi connectivity index (χ1v) is 8.28. The predicted octanol–water partition coefficient (Wildman–Crippen LogP) is 3.08. The second-order valence-electron chi connectivity index (χ2n) is 5.71. The number of hydrogen-bond acceptors (Lipinski definition) is 7. The van der Waals surface area contributed by atoms with Gasteiger partial charge in [0, 0.05) is 24.4 Å². The number of carbonyl (C=O) groups excluding carboxylic acids is 2. The van der Waals surface area contributed by atoms with Crippen LogP contribution >= 0.6 is 0 Å². The minimum absolute atomic E-state index is 0.109. The maximum Gasteiger partial charge on any atom is 0.286 e. The first kappa shape index (κ1) is 20.8. The molecule has 2 rings (SSSR count). The number of nitrogens with one attached hydrogen (secondary N) is 1. The van der Waals surface area contributed by atoms with E-state index in [4.69, 9.17) is 14.2 Å². The first-order chi connectivity index (χ1) is 13.4. The van der Waals surface area contributed by atoms with Crippen molar-refractivity contribution in [2.75, 3.05) is 32.8 Å². The van der Waals surface area contributed by atoms with Crippen molar-refractivity contribution in [3.8, 4) is 11.5 Å². The van der Waals surface area contributed by atoms with Crippen molar-refractivity contribution >= 4 is 23.1 Å². The van der Waals surface area contributed by atoms with E-state index in [1.165, 1.54) is 27.2 Å². The van der Waals surface area contributed by atoms with Crippen LogP contribution in [0.15, 0.2) is 36.4 Å². The Bertz CT molecular complexity index is 879. The van der Waals surface area contributed by atoms with Gasteiger partial charge in [0.05, 0.1) is 24.7 Å². The van der Waals surface area contributed by atoms with Crippen LogP contribution in [0.2, 0.25) is 0 Å². The molecule has 9 nitrogen and oxygen atoms in total. The van der Waals surface area contributed by atoms with E-state index < -0.39 is 16.5 Å². The van der Waals surface area contributed by atoms with Gasteiger partial charge in [-0.05, 0) is 31.2 Å². The summed E-state index contributed by atoms with van der Waals surface area (Å²) in [5.74, 6) is -0.487. The Hall–Kier alpha value is -3.46. The fourth-order valence-corrected chi connectivity index (χ4v) is 2.38. The highest BCUT2D eigenvalue weighted by Gasteiger charge is 2.25. The van der Waals surface area contributed by atoms with Gasteiger partial charge >= 0.3 is 0 Å². The lowest BCUT2D eigenvalue weighted by molar-refractivity contribution is -0.385. The van der Waals surface area contributed by atoms with Crippen LogP contribution in [0.4, 0.5) is 11.4 Å². The Balaban J connectivity index is 2.32. The fourth-order valence-electron chi connectivity index (χ4n) is 2.38. The molecule has 0 bridgehead atoms. The molecule has 1 N–H and O–H groups in total. The maximum atomic E-state index is 12.6. The molecule has 0 aliphatic heterocycles. The average Bonchev–Trinajstić information content (AvgIpc) is 2.68. The molecule has 0 aromatic heterocycles. The molecule has 0 saturated heterocycles. The second-order valence-corrected chi connectivity index (χ2v) is 5.71. The number of hydrogen-bond donors (Lipinski definition) is 1. The van der Waals surface area contributed by atoms with E-state index in [1.807, 2.05) is 0 Å². The Morgan fingerprint density at radius 1 is 1.07 bits per heavy atom. The van der Waals surface area contributed by atoms with Gasteiger partial charge in [-0.25, -0.2) is 0 Å². The summed E-state index contributed by atoms with van der Waals surface area (Å²) in [6, 6.07) is 8.58. The Morgan fingerprint density at radius 3 is 2.29 bits per heavy atom. The van der Waals surface area contributed by atoms with Crippen LogP contribution in [0, 0.1) is 10.1 Å². The van der Waals surface area contributed by atoms with Crippen molar-refractivity contribution in [1.82, 2.24) is 0 Å². The van der Waals surface area contributed by atoms with Crippen molar-refractivity contribution < 1.29 is 28.7 Å². The number of nitro benzene ring substituents is 1.